The molecule has 8 aliphatic rings. The lowest BCUT2D eigenvalue weighted by Gasteiger charge is -2.28. The summed E-state index contributed by atoms with van der Waals surface area (Å²) in [5, 5.41) is 12.2. The number of esters is 1. The molecule has 27 nitrogen and oxygen atoms in total. The maximum absolute atomic E-state index is 14.7. The molecular weight excluding hydrogens is 1160 g/mol. The fourth-order valence-electron chi connectivity index (χ4n) is 11.9. The van der Waals surface area contributed by atoms with Gasteiger partial charge in [-0.25, -0.2) is 18.0 Å². The fraction of sp³-hybridized carbons (Fsp3) is 0.815. The summed E-state index contributed by atoms with van der Waals surface area (Å²) in [5.74, 6) is -28.1. The summed E-state index contributed by atoms with van der Waals surface area (Å²) in [7, 11) is 0. The van der Waals surface area contributed by atoms with Crippen LogP contribution >= 0.6 is 0 Å². The van der Waals surface area contributed by atoms with Crippen molar-refractivity contribution in [3.63, 3.8) is 0 Å². The number of halogens is 5. The lowest BCUT2D eigenvalue weighted by Crippen LogP contribution is -2.55. The maximum Gasteiger partial charge on any atom is 0.343 e. The van der Waals surface area contributed by atoms with Crippen molar-refractivity contribution in [1.29, 1.82) is 0 Å². The number of amides is 3. The van der Waals surface area contributed by atoms with Crippen LogP contribution in [0.2, 0.25) is 0 Å². The van der Waals surface area contributed by atoms with Gasteiger partial charge in [0, 0.05) is 24.5 Å². The first kappa shape index (κ1) is 65.9. The van der Waals surface area contributed by atoms with Gasteiger partial charge < -0.3 is 96.5 Å². The molecule has 3 amide bonds. The Hall–Kier alpha value is -4.58. The first-order chi connectivity index (χ1) is 39.6. The maximum atomic E-state index is 14.7. The van der Waals surface area contributed by atoms with Crippen LogP contribution in [0, 0.1) is 29.1 Å². The molecule has 3 N–H and O–H groups in total. The van der Waals surface area contributed by atoms with Crippen LogP contribution in [0.4, 0.5) is 22.0 Å². The zero-order valence-corrected chi connectivity index (χ0v) is 50.4. The second-order valence-corrected chi connectivity index (χ2v) is 25.6. The second kappa shape index (κ2) is 23.3. The van der Waals surface area contributed by atoms with Gasteiger partial charge in [0.05, 0.1) is 12.6 Å². The predicted octanol–water partition coefficient (Wildman–Crippen LogP) is 4.11. The Morgan fingerprint density at radius 3 is 0.942 bits per heavy atom. The zero-order valence-electron chi connectivity index (χ0n) is 50.4. The van der Waals surface area contributed by atoms with Crippen LogP contribution in [-0.4, -0.2) is 194 Å². The standard InChI is InChI=1S/C54H75F5N6O21/c1-47(2)71-21(17-61-43(66)39-35(79-51(9,10)83-39)31-22(72-48(3,4)76-31)18-62-45(68)41-37(81-53(13,14)85-41)33-24(20-64-65-60)74-50(7,8)78-33)30(75-47)36-40(84-52(11,12)80-36)44(67)63-19-23-32(77-49(5,6)73-23)38-42(86-54(15,16)82-38)46(69)70-34-28(58)26(56)25(55)27(57)29(34)59/h21-24,30-33,35-42H,17-20H2,1-16H3,(H,61,66)(H,62,68)(H,63,67)/t21-,22-,23-,24-,30+,31+,32+,33+,35+,36+,37+,38+,39-,40-,41-,42-/m1/s1. The largest absolute Gasteiger partial charge is 0.418 e. The van der Waals surface area contributed by atoms with E-state index in [-0.39, 0.29) is 26.2 Å². The number of hydrogen-bond acceptors (Lipinski definition) is 22. The fourth-order valence-corrected chi connectivity index (χ4v) is 11.9. The summed E-state index contributed by atoms with van der Waals surface area (Å²) in [5.41, 5.74) is 9.04. The van der Waals surface area contributed by atoms with E-state index in [1.54, 1.807) is 83.1 Å². The lowest BCUT2D eigenvalue weighted by molar-refractivity contribution is -0.175. The van der Waals surface area contributed by atoms with Crippen LogP contribution in [0.25, 0.3) is 10.4 Å². The van der Waals surface area contributed by atoms with Gasteiger partial charge in [0.25, 0.3) is 17.7 Å². The summed E-state index contributed by atoms with van der Waals surface area (Å²) in [4.78, 5) is 59.4. The highest BCUT2D eigenvalue weighted by atomic mass is 19.2. The molecule has 0 bridgehead atoms. The number of carbonyl (C=O) groups excluding carboxylic acids is 4. The van der Waals surface area contributed by atoms with Crippen LogP contribution in [0.15, 0.2) is 5.11 Å². The van der Waals surface area contributed by atoms with E-state index in [1.165, 1.54) is 27.7 Å². The normalized spacial score (nSPS) is 37.5. The van der Waals surface area contributed by atoms with Crippen LogP contribution in [0.3, 0.4) is 0 Å². The van der Waals surface area contributed by atoms with E-state index in [4.69, 9.17) is 86.1 Å². The molecule has 16 atom stereocenters. The van der Waals surface area contributed by atoms with E-state index in [9.17, 15) is 41.1 Å². The number of benzene rings is 1. The van der Waals surface area contributed by atoms with Gasteiger partial charge in [0.1, 0.15) is 67.1 Å². The Kier molecular flexibility index (Phi) is 17.9. The van der Waals surface area contributed by atoms with Crippen molar-refractivity contribution in [2.24, 2.45) is 5.11 Å². The molecule has 0 saturated carbocycles. The minimum absolute atomic E-state index is 0.0988. The Morgan fingerprint density at radius 2 is 0.628 bits per heavy atom. The summed E-state index contributed by atoms with van der Waals surface area (Å²) in [6, 6.07) is 0. The second-order valence-electron chi connectivity index (χ2n) is 25.6. The first-order valence-electron chi connectivity index (χ1n) is 28.0. The third kappa shape index (κ3) is 14.1. The minimum atomic E-state index is -2.47. The molecular formula is C54H75F5N6O21. The van der Waals surface area contributed by atoms with Gasteiger partial charge in [-0.1, -0.05) is 5.11 Å². The third-order valence-electron chi connectivity index (χ3n) is 14.8. The minimum Gasteiger partial charge on any atom is -0.418 e. The molecule has 0 spiro atoms. The topological polar surface area (TPSA) is 310 Å². The van der Waals surface area contributed by atoms with Crippen molar-refractivity contribution >= 4 is 23.7 Å². The highest BCUT2D eigenvalue weighted by molar-refractivity contribution is 5.83. The Bertz CT molecular complexity index is 2810. The van der Waals surface area contributed by atoms with E-state index in [0.717, 1.165) is 0 Å². The Morgan fingerprint density at radius 1 is 0.384 bits per heavy atom. The number of nitrogens with zero attached hydrogens (tertiary/aromatic N) is 3. The highest BCUT2D eigenvalue weighted by Crippen LogP contribution is 2.44. The third-order valence-corrected chi connectivity index (χ3v) is 14.8. The van der Waals surface area contributed by atoms with Gasteiger partial charge in [0.15, 0.2) is 70.7 Å². The molecule has 86 heavy (non-hydrogen) atoms. The van der Waals surface area contributed by atoms with E-state index < -0.39 is 202 Å². The van der Waals surface area contributed by atoms with Crippen molar-refractivity contribution in [2.45, 2.75) is 255 Å². The van der Waals surface area contributed by atoms with Gasteiger partial charge >= 0.3 is 5.97 Å². The number of ether oxygens (including phenoxy) is 17. The SMILES string of the molecule is CC1(C)O[C@H]([C@@H]2OC(C)(C)O[C@H]2C(=O)NC[C@H]2OC(C)(C)O[C@@H]2[C@@H]2OC(C)(C)O[C@H]2C(=O)NC[C@H]2OC(C)(C)O[C@@H]2[C@@H]2OC(C)(C)O[C@H]2C(=O)NC[C@H]2OC(C)(C)O[C@@H]2[C@@H]2OC(C)(C)O[C@H]2C(=O)Oc2c(F)c(F)c(F)c(F)c2F)[C@@H](CN=[N+]=[N-])O1. The Labute approximate surface area is 491 Å². The molecule has 8 saturated heterocycles. The molecule has 8 heterocycles. The summed E-state index contributed by atoms with van der Waals surface area (Å²) < 4.78 is 175. The van der Waals surface area contributed by atoms with Crippen molar-refractivity contribution in [1.82, 2.24) is 16.0 Å². The van der Waals surface area contributed by atoms with E-state index in [2.05, 4.69) is 26.0 Å². The number of hydrogen-bond donors (Lipinski definition) is 3. The average molecular weight is 1240 g/mol. The molecule has 9 rings (SSSR count). The predicted molar refractivity (Wildman–Crippen MR) is 276 cm³/mol. The molecule has 1 aromatic rings. The van der Waals surface area contributed by atoms with Gasteiger partial charge in [-0.2, -0.15) is 8.78 Å². The quantitative estimate of drug-likeness (QED) is 0.0289. The zero-order chi connectivity index (χ0) is 63.4. The van der Waals surface area contributed by atoms with Crippen molar-refractivity contribution < 1.29 is 122 Å². The molecule has 8 aliphatic heterocycles. The van der Waals surface area contributed by atoms with Gasteiger partial charge in [-0.15, -0.1) is 0 Å². The van der Waals surface area contributed by atoms with Crippen LogP contribution in [0.5, 0.6) is 5.75 Å². The van der Waals surface area contributed by atoms with Crippen molar-refractivity contribution in [3.05, 3.63) is 39.5 Å². The van der Waals surface area contributed by atoms with E-state index >= 15 is 0 Å². The molecule has 482 valence electrons. The molecule has 1 aromatic carbocycles. The van der Waals surface area contributed by atoms with Crippen LogP contribution in [-0.2, 0) is 95.0 Å². The summed E-state index contributed by atoms with van der Waals surface area (Å²) in [6.07, 6.45) is -18.9. The monoisotopic (exact) mass is 1240 g/mol. The summed E-state index contributed by atoms with van der Waals surface area (Å²) in [6.45, 7) is 24.5. The van der Waals surface area contributed by atoms with Gasteiger partial charge in [-0.3, -0.25) is 14.4 Å². The number of carbonyl (C=O) groups is 4. The van der Waals surface area contributed by atoms with Crippen molar-refractivity contribution in [3.8, 4) is 5.75 Å². The van der Waals surface area contributed by atoms with Crippen molar-refractivity contribution in [2.75, 3.05) is 26.2 Å². The molecule has 0 aliphatic carbocycles. The van der Waals surface area contributed by atoms with Crippen LogP contribution < -0.4 is 20.7 Å². The number of rotatable bonds is 17. The number of nitrogens with one attached hydrogen (secondary N) is 3. The van der Waals surface area contributed by atoms with Gasteiger partial charge in [0.2, 0.25) is 34.8 Å². The van der Waals surface area contributed by atoms with E-state index in [1.807, 2.05) is 0 Å². The molecule has 8 fully saturated rings. The first-order valence-corrected chi connectivity index (χ1v) is 28.0. The smallest absolute Gasteiger partial charge is 0.343 e. The molecule has 0 aromatic heterocycles. The molecule has 0 unspecified atom stereocenters. The van der Waals surface area contributed by atoms with Crippen LogP contribution in [0.1, 0.15) is 111 Å². The molecule has 32 heteroatoms. The highest BCUT2D eigenvalue weighted by Gasteiger charge is 2.62. The average Bonchev–Trinajstić information content (AvgIpc) is 1.68. The number of azide groups is 1. The van der Waals surface area contributed by atoms with E-state index in [0.29, 0.717) is 0 Å². The van der Waals surface area contributed by atoms with Gasteiger partial charge in [-0.05, 0) is 116 Å². The Balaban J connectivity index is 0.858. The molecule has 0 radical (unpaired) electrons. The summed E-state index contributed by atoms with van der Waals surface area (Å²) >= 11 is 0. The lowest BCUT2D eigenvalue weighted by atomic mass is 10.00.